The van der Waals surface area contributed by atoms with Gasteiger partial charge in [0, 0.05) is 6.54 Å². The van der Waals surface area contributed by atoms with E-state index in [9.17, 15) is 9.90 Å². The first-order chi connectivity index (χ1) is 8.61. The Balaban J connectivity index is 2.33. The van der Waals surface area contributed by atoms with Crippen LogP contribution in [0.3, 0.4) is 0 Å². The van der Waals surface area contributed by atoms with E-state index in [2.05, 4.69) is 15.0 Å². The zero-order valence-electron chi connectivity index (χ0n) is 9.84. The van der Waals surface area contributed by atoms with Gasteiger partial charge >= 0.3 is 12.0 Å². The third kappa shape index (κ3) is 2.61. The molecule has 1 atom stereocenters. The standard InChI is InChI=1S/C10H13ClN4O3/c1-18-10-13-8(11)12-9(14-10)15-5-3-2-4-6(15)7(16)17/h6H,2-5H2,1H3,(H,16,17). The van der Waals surface area contributed by atoms with Gasteiger partial charge in [0.15, 0.2) is 0 Å². The molecule has 1 aliphatic rings. The quantitative estimate of drug-likeness (QED) is 0.877. The summed E-state index contributed by atoms with van der Waals surface area (Å²) in [4.78, 5) is 24.6. The van der Waals surface area contributed by atoms with Crippen LogP contribution in [0.5, 0.6) is 6.01 Å². The van der Waals surface area contributed by atoms with Crippen LogP contribution < -0.4 is 9.64 Å². The highest BCUT2D eigenvalue weighted by Crippen LogP contribution is 2.23. The average Bonchev–Trinajstić information content (AvgIpc) is 2.38. The highest BCUT2D eigenvalue weighted by molar-refractivity contribution is 6.28. The zero-order valence-corrected chi connectivity index (χ0v) is 10.6. The smallest absolute Gasteiger partial charge is 0.326 e. The Labute approximate surface area is 109 Å². The molecule has 7 nitrogen and oxygen atoms in total. The Morgan fingerprint density at radius 3 is 2.89 bits per heavy atom. The number of halogens is 1. The zero-order chi connectivity index (χ0) is 13.1. The first-order valence-electron chi connectivity index (χ1n) is 5.57. The van der Waals surface area contributed by atoms with Crippen LogP contribution in [0.1, 0.15) is 19.3 Å². The van der Waals surface area contributed by atoms with Crippen molar-refractivity contribution in [2.24, 2.45) is 0 Å². The second kappa shape index (κ2) is 5.34. The van der Waals surface area contributed by atoms with Crippen LogP contribution in [0.2, 0.25) is 5.28 Å². The number of hydrogen-bond acceptors (Lipinski definition) is 6. The van der Waals surface area contributed by atoms with Gasteiger partial charge in [-0.2, -0.15) is 15.0 Å². The Hall–Kier alpha value is -1.63. The van der Waals surface area contributed by atoms with Gasteiger partial charge in [0.2, 0.25) is 11.2 Å². The third-order valence-corrected chi connectivity index (χ3v) is 2.97. The molecule has 0 spiro atoms. The monoisotopic (exact) mass is 272 g/mol. The molecule has 2 rings (SSSR count). The summed E-state index contributed by atoms with van der Waals surface area (Å²) in [6, 6.07) is -0.540. The molecule has 98 valence electrons. The normalized spacial score (nSPS) is 19.7. The molecule has 1 aliphatic heterocycles. The maximum Gasteiger partial charge on any atom is 0.326 e. The average molecular weight is 273 g/mol. The van der Waals surface area contributed by atoms with Crippen molar-refractivity contribution in [2.45, 2.75) is 25.3 Å². The number of nitrogens with zero attached hydrogens (tertiary/aromatic N) is 4. The largest absolute Gasteiger partial charge is 0.480 e. The van der Waals surface area contributed by atoms with Gasteiger partial charge in [-0.25, -0.2) is 4.79 Å². The lowest BCUT2D eigenvalue weighted by molar-refractivity contribution is -0.139. The van der Waals surface area contributed by atoms with Crippen molar-refractivity contribution in [3.8, 4) is 6.01 Å². The molecule has 0 amide bonds. The number of carboxylic acid groups (broad SMARTS) is 1. The Kier molecular flexibility index (Phi) is 3.81. The molecule has 1 fully saturated rings. The van der Waals surface area contributed by atoms with Crippen LogP contribution in [-0.4, -0.2) is 45.7 Å². The maximum atomic E-state index is 11.2. The van der Waals surface area contributed by atoms with Gasteiger partial charge in [0.25, 0.3) is 0 Å². The van der Waals surface area contributed by atoms with Crippen LogP contribution in [0, 0.1) is 0 Å². The minimum atomic E-state index is -0.884. The van der Waals surface area contributed by atoms with E-state index in [-0.39, 0.29) is 17.2 Å². The summed E-state index contributed by atoms with van der Waals surface area (Å²) < 4.78 is 4.90. The Morgan fingerprint density at radius 1 is 1.44 bits per heavy atom. The van der Waals surface area contributed by atoms with E-state index in [1.54, 1.807) is 4.90 Å². The maximum absolute atomic E-state index is 11.2. The number of rotatable bonds is 3. The molecule has 18 heavy (non-hydrogen) atoms. The molecule has 0 aromatic carbocycles. The molecule has 8 heteroatoms. The first kappa shape index (κ1) is 12.8. The van der Waals surface area contributed by atoms with Crippen LogP contribution in [-0.2, 0) is 4.79 Å². The topological polar surface area (TPSA) is 88.4 Å². The molecule has 1 aromatic heterocycles. The minimum Gasteiger partial charge on any atom is -0.480 e. The summed E-state index contributed by atoms with van der Waals surface area (Å²) in [6.45, 7) is 0.584. The molecule has 0 aliphatic carbocycles. The third-order valence-electron chi connectivity index (χ3n) is 2.80. The van der Waals surface area contributed by atoms with E-state index in [4.69, 9.17) is 16.3 Å². The van der Waals surface area contributed by atoms with E-state index >= 15 is 0 Å². The lowest BCUT2D eigenvalue weighted by Gasteiger charge is -2.32. The van der Waals surface area contributed by atoms with Gasteiger partial charge in [-0.05, 0) is 30.9 Å². The van der Waals surface area contributed by atoms with Crippen molar-refractivity contribution in [3.63, 3.8) is 0 Å². The number of aromatic nitrogens is 3. The molecule has 1 unspecified atom stereocenters. The van der Waals surface area contributed by atoms with Gasteiger partial charge < -0.3 is 14.7 Å². The van der Waals surface area contributed by atoms with Gasteiger partial charge in [-0.1, -0.05) is 0 Å². The van der Waals surface area contributed by atoms with E-state index in [1.807, 2.05) is 0 Å². The van der Waals surface area contributed by atoms with Gasteiger partial charge in [-0.15, -0.1) is 0 Å². The fourth-order valence-corrected chi connectivity index (χ4v) is 2.12. The molecule has 1 saturated heterocycles. The summed E-state index contributed by atoms with van der Waals surface area (Å²) in [7, 11) is 1.42. The molecule has 0 radical (unpaired) electrons. The molecular formula is C10H13ClN4O3. The van der Waals surface area contributed by atoms with Crippen molar-refractivity contribution in [3.05, 3.63) is 5.28 Å². The van der Waals surface area contributed by atoms with Crippen molar-refractivity contribution < 1.29 is 14.6 Å². The molecular weight excluding hydrogens is 260 g/mol. The van der Waals surface area contributed by atoms with Crippen LogP contribution in [0.15, 0.2) is 0 Å². The Morgan fingerprint density at radius 2 is 2.22 bits per heavy atom. The van der Waals surface area contributed by atoms with Crippen LogP contribution >= 0.6 is 11.6 Å². The summed E-state index contributed by atoms with van der Waals surface area (Å²) in [5.74, 6) is -0.635. The number of carbonyl (C=O) groups is 1. The predicted molar refractivity (Wildman–Crippen MR) is 64.0 cm³/mol. The van der Waals surface area contributed by atoms with Crippen molar-refractivity contribution in [2.75, 3.05) is 18.6 Å². The van der Waals surface area contributed by atoms with Crippen molar-refractivity contribution in [1.82, 2.24) is 15.0 Å². The fraction of sp³-hybridized carbons (Fsp3) is 0.600. The highest BCUT2D eigenvalue weighted by Gasteiger charge is 2.30. The fourth-order valence-electron chi connectivity index (χ4n) is 1.97. The number of ether oxygens (including phenoxy) is 1. The predicted octanol–water partition coefficient (Wildman–Crippen LogP) is 0.977. The minimum absolute atomic E-state index is 0.00781. The van der Waals surface area contributed by atoms with Gasteiger partial charge in [0.1, 0.15) is 6.04 Å². The first-order valence-corrected chi connectivity index (χ1v) is 5.94. The number of hydrogen-bond donors (Lipinski definition) is 1. The SMILES string of the molecule is COc1nc(Cl)nc(N2CCCCC2C(=O)O)n1. The number of aliphatic carboxylic acids is 1. The van der Waals surface area contributed by atoms with Gasteiger partial charge in [-0.3, -0.25) is 0 Å². The number of carboxylic acids is 1. The molecule has 0 bridgehead atoms. The number of methoxy groups -OCH3 is 1. The second-order valence-corrected chi connectivity index (χ2v) is 4.27. The van der Waals surface area contributed by atoms with Crippen LogP contribution in [0.4, 0.5) is 5.95 Å². The second-order valence-electron chi connectivity index (χ2n) is 3.93. The summed E-state index contributed by atoms with van der Waals surface area (Å²) in [5, 5.41) is 9.18. The number of piperidine rings is 1. The van der Waals surface area contributed by atoms with Gasteiger partial charge in [0.05, 0.1) is 7.11 Å². The van der Waals surface area contributed by atoms with Crippen LogP contribution in [0.25, 0.3) is 0 Å². The van der Waals surface area contributed by atoms with E-state index < -0.39 is 12.0 Å². The van der Waals surface area contributed by atoms with Crippen molar-refractivity contribution >= 4 is 23.5 Å². The molecule has 2 heterocycles. The summed E-state index contributed by atoms with van der Waals surface area (Å²) in [5.41, 5.74) is 0. The van der Waals surface area contributed by atoms with Crippen molar-refractivity contribution in [1.29, 1.82) is 0 Å². The molecule has 1 N–H and O–H groups in total. The number of anilines is 1. The lowest BCUT2D eigenvalue weighted by Crippen LogP contribution is -2.45. The highest BCUT2D eigenvalue weighted by atomic mass is 35.5. The van der Waals surface area contributed by atoms with E-state index in [0.717, 1.165) is 12.8 Å². The Bertz CT molecular complexity index is 457. The summed E-state index contributed by atoms with van der Waals surface area (Å²) in [6.07, 6.45) is 2.35. The van der Waals surface area contributed by atoms with E-state index in [1.165, 1.54) is 7.11 Å². The lowest BCUT2D eigenvalue weighted by atomic mass is 10.0. The summed E-state index contributed by atoms with van der Waals surface area (Å²) >= 11 is 5.76. The van der Waals surface area contributed by atoms with E-state index in [0.29, 0.717) is 13.0 Å². The molecule has 0 saturated carbocycles. The molecule has 1 aromatic rings.